The molecular formula is C31H30N6O2. The third kappa shape index (κ3) is 5.60. The zero-order valence-electron chi connectivity index (χ0n) is 21.6. The van der Waals surface area contributed by atoms with Crippen LogP contribution >= 0.6 is 0 Å². The number of hydrogen-bond donors (Lipinski definition) is 1. The molecule has 3 aromatic carbocycles. The Bertz CT molecular complexity index is 1580. The second-order valence-corrected chi connectivity index (χ2v) is 10.0. The summed E-state index contributed by atoms with van der Waals surface area (Å²) in [7, 11) is 0. The SMILES string of the molecule is O=C(Nc1ccc(C2CCN(C(=O)Cn3cnc4ccccc43)CC2)cc1)c1cnn(Cc2ccccc2)c1. The van der Waals surface area contributed by atoms with E-state index in [2.05, 4.69) is 27.5 Å². The highest BCUT2D eigenvalue weighted by atomic mass is 16.2. The molecular weight excluding hydrogens is 488 g/mol. The molecule has 0 spiro atoms. The molecule has 6 rings (SSSR count). The van der Waals surface area contributed by atoms with Crippen molar-refractivity contribution in [2.24, 2.45) is 0 Å². The predicted molar refractivity (Wildman–Crippen MR) is 150 cm³/mol. The summed E-state index contributed by atoms with van der Waals surface area (Å²) in [6.07, 6.45) is 6.94. The van der Waals surface area contributed by atoms with Crippen molar-refractivity contribution in [2.75, 3.05) is 18.4 Å². The van der Waals surface area contributed by atoms with Crippen molar-refractivity contribution in [3.8, 4) is 0 Å². The normalized spacial score (nSPS) is 14.0. The van der Waals surface area contributed by atoms with Gasteiger partial charge in [-0.25, -0.2) is 4.98 Å². The molecule has 0 atom stereocenters. The highest BCUT2D eigenvalue weighted by Gasteiger charge is 2.24. The molecule has 39 heavy (non-hydrogen) atoms. The standard InChI is InChI=1S/C31H30N6O2/c38-30(21-36-22-32-28-8-4-5-9-29(28)36)35-16-14-25(15-17-35)24-10-12-27(13-11-24)34-31(39)26-18-33-37(20-26)19-23-6-2-1-3-7-23/h1-13,18,20,22,25H,14-17,19,21H2,(H,34,39). The Hall–Kier alpha value is -4.72. The number of para-hydroxylation sites is 2. The fourth-order valence-corrected chi connectivity index (χ4v) is 5.22. The predicted octanol–water partition coefficient (Wildman–Crippen LogP) is 4.94. The van der Waals surface area contributed by atoms with E-state index in [0.29, 0.717) is 24.6 Å². The zero-order chi connectivity index (χ0) is 26.6. The number of carbonyl (C=O) groups excluding carboxylic acids is 2. The van der Waals surface area contributed by atoms with Gasteiger partial charge in [-0.2, -0.15) is 5.10 Å². The Labute approximate surface area is 226 Å². The lowest BCUT2D eigenvalue weighted by atomic mass is 9.89. The maximum atomic E-state index is 12.9. The van der Waals surface area contributed by atoms with Crippen LogP contribution in [0.15, 0.2) is 97.6 Å². The molecule has 8 nitrogen and oxygen atoms in total. The average Bonchev–Trinajstić information content (AvgIpc) is 3.62. The van der Waals surface area contributed by atoms with Crippen LogP contribution < -0.4 is 5.32 Å². The van der Waals surface area contributed by atoms with Gasteiger partial charge in [0, 0.05) is 25.0 Å². The van der Waals surface area contributed by atoms with Gasteiger partial charge in [0.15, 0.2) is 0 Å². The highest BCUT2D eigenvalue weighted by molar-refractivity contribution is 6.03. The minimum atomic E-state index is -0.181. The first kappa shape index (κ1) is 24.6. The number of fused-ring (bicyclic) bond motifs is 1. The van der Waals surface area contributed by atoms with E-state index in [4.69, 9.17) is 0 Å². The molecule has 1 aliphatic heterocycles. The summed E-state index contributed by atoms with van der Waals surface area (Å²) in [5.41, 5.74) is 5.52. The number of benzene rings is 3. The summed E-state index contributed by atoms with van der Waals surface area (Å²) >= 11 is 0. The van der Waals surface area contributed by atoms with Crippen LogP contribution in [0.2, 0.25) is 0 Å². The Balaban J connectivity index is 1.00. The lowest BCUT2D eigenvalue weighted by Crippen LogP contribution is -2.39. The molecule has 0 saturated carbocycles. The lowest BCUT2D eigenvalue weighted by molar-refractivity contribution is -0.132. The summed E-state index contributed by atoms with van der Waals surface area (Å²) < 4.78 is 3.69. The molecule has 0 unspecified atom stereocenters. The molecule has 196 valence electrons. The van der Waals surface area contributed by atoms with Crippen molar-refractivity contribution in [3.63, 3.8) is 0 Å². The topological polar surface area (TPSA) is 85.1 Å². The highest BCUT2D eigenvalue weighted by Crippen LogP contribution is 2.29. The van der Waals surface area contributed by atoms with Gasteiger partial charge in [0.2, 0.25) is 5.91 Å². The largest absolute Gasteiger partial charge is 0.341 e. The first-order valence-corrected chi connectivity index (χ1v) is 13.3. The van der Waals surface area contributed by atoms with Gasteiger partial charge in [-0.3, -0.25) is 14.3 Å². The van der Waals surface area contributed by atoms with Crippen LogP contribution in [0.3, 0.4) is 0 Å². The Morgan fingerprint density at radius 1 is 0.897 bits per heavy atom. The van der Waals surface area contributed by atoms with Gasteiger partial charge in [0.25, 0.3) is 5.91 Å². The quantitative estimate of drug-likeness (QED) is 0.331. The third-order valence-corrected chi connectivity index (χ3v) is 7.40. The van der Waals surface area contributed by atoms with Crippen LogP contribution in [0.5, 0.6) is 0 Å². The Kier molecular flexibility index (Phi) is 6.91. The van der Waals surface area contributed by atoms with Crippen LogP contribution in [0.1, 0.15) is 40.2 Å². The van der Waals surface area contributed by atoms with Crippen molar-refractivity contribution in [1.29, 1.82) is 0 Å². The van der Waals surface area contributed by atoms with E-state index in [0.717, 1.165) is 48.2 Å². The van der Waals surface area contributed by atoms with Gasteiger partial charge in [-0.05, 0) is 54.2 Å². The molecule has 2 amide bonds. The van der Waals surface area contributed by atoms with Gasteiger partial charge < -0.3 is 14.8 Å². The molecule has 1 aliphatic rings. The van der Waals surface area contributed by atoms with Gasteiger partial charge in [-0.1, -0.05) is 54.6 Å². The smallest absolute Gasteiger partial charge is 0.258 e. The number of imidazole rings is 1. The minimum Gasteiger partial charge on any atom is -0.341 e. The van der Waals surface area contributed by atoms with E-state index >= 15 is 0 Å². The first-order valence-electron chi connectivity index (χ1n) is 13.3. The number of nitrogens with zero attached hydrogens (tertiary/aromatic N) is 5. The zero-order valence-corrected chi connectivity index (χ0v) is 21.6. The fourth-order valence-electron chi connectivity index (χ4n) is 5.22. The summed E-state index contributed by atoms with van der Waals surface area (Å²) in [5.74, 6) is 0.338. The number of nitrogens with one attached hydrogen (secondary N) is 1. The molecule has 1 fully saturated rings. The van der Waals surface area contributed by atoms with Crippen molar-refractivity contribution in [3.05, 3.63) is 114 Å². The fraction of sp³-hybridized carbons (Fsp3) is 0.226. The van der Waals surface area contributed by atoms with E-state index < -0.39 is 0 Å². The number of hydrogen-bond acceptors (Lipinski definition) is 4. The van der Waals surface area contributed by atoms with Crippen LogP contribution in [0, 0.1) is 0 Å². The van der Waals surface area contributed by atoms with E-state index in [1.54, 1.807) is 23.4 Å². The minimum absolute atomic E-state index is 0.127. The first-order chi connectivity index (χ1) is 19.1. The molecule has 1 saturated heterocycles. The Morgan fingerprint density at radius 2 is 1.64 bits per heavy atom. The maximum absolute atomic E-state index is 12.9. The molecule has 0 bridgehead atoms. The number of rotatable bonds is 7. The van der Waals surface area contributed by atoms with E-state index in [9.17, 15) is 9.59 Å². The second-order valence-electron chi connectivity index (χ2n) is 10.0. The second kappa shape index (κ2) is 10.9. The maximum Gasteiger partial charge on any atom is 0.258 e. The van der Waals surface area contributed by atoms with Crippen molar-refractivity contribution in [2.45, 2.75) is 31.8 Å². The number of amides is 2. The third-order valence-electron chi connectivity index (χ3n) is 7.40. The molecule has 5 aromatic rings. The van der Waals surface area contributed by atoms with Gasteiger partial charge in [0.1, 0.15) is 6.54 Å². The van der Waals surface area contributed by atoms with Crippen molar-refractivity contribution < 1.29 is 9.59 Å². The van der Waals surface area contributed by atoms with E-state index in [1.165, 1.54) is 5.56 Å². The van der Waals surface area contributed by atoms with Crippen molar-refractivity contribution in [1.82, 2.24) is 24.2 Å². The van der Waals surface area contributed by atoms with E-state index in [1.807, 2.05) is 76.2 Å². The Morgan fingerprint density at radius 3 is 2.44 bits per heavy atom. The molecule has 1 N–H and O–H groups in total. The van der Waals surface area contributed by atoms with Crippen LogP contribution in [-0.4, -0.2) is 49.1 Å². The number of aromatic nitrogens is 4. The molecule has 2 aromatic heterocycles. The van der Waals surface area contributed by atoms with Crippen LogP contribution in [0.25, 0.3) is 11.0 Å². The summed E-state index contributed by atoms with van der Waals surface area (Å²) in [5, 5.41) is 7.29. The lowest BCUT2D eigenvalue weighted by Gasteiger charge is -2.32. The average molecular weight is 519 g/mol. The summed E-state index contributed by atoms with van der Waals surface area (Å²) in [6, 6.07) is 26.0. The number of likely N-dealkylation sites (tertiary alicyclic amines) is 1. The van der Waals surface area contributed by atoms with E-state index in [-0.39, 0.29) is 11.8 Å². The number of piperidine rings is 1. The summed E-state index contributed by atoms with van der Waals surface area (Å²) in [6.45, 7) is 2.40. The van der Waals surface area contributed by atoms with Gasteiger partial charge in [-0.15, -0.1) is 0 Å². The number of carbonyl (C=O) groups is 2. The molecule has 3 heterocycles. The van der Waals surface area contributed by atoms with Crippen LogP contribution in [-0.2, 0) is 17.9 Å². The molecule has 0 radical (unpaired) electrons. The molecule has 8 heteroatoms. The van der Waals surface area contributed by atoms with Crippen molar-refractivity contribution >= 4 is 28.5 Å². The number of anilines is 1. The van der Waals surface area contributed by atoms with Gasteiger partial charge >= 0.3 is 0 Å². The summed E-state index contributed by atoms with van der Waals surface area (Å²) in [4.78, 5) is 32.0. The molecule has 0 aliphatic carbocycles. The van der Waals surface area contributed by atoms with Gasteiger partial charge in [0.05, 0.1) is 35.7 Å². The van der Waals surface area contributed by atoms with Crippen LogP contribution in [0.4, 0.5) is 5.69 Å². The monoisotopic (exact) mass is 518 g/mol.